The van der Waals surface area contributed by atoms with Gasteiger partial charge in [-0.1, -0.05) is 28.1 Å². The third-order valence-corrected chi connectivity index (χ3v) is 2.63. The van der Waals surface area contributed by atoms with Gasteiger partial charge in [0.2, 0.25) is 0 Å². The number of hydrogen-bond acceptors (Lipinski definition) is 4. The lowest BCUT2D eigenvalue weighted by atomic mass is 10.1. The van der Waals surface area contributed by atoms with Crippen LogP contribution in [-0.4, -0.2) is 0 Å². The molecule has 1 rings (SSSR count). The zero-order valence-electron chi connectivity index (χ0n) is 8.40. The Hall–Kier alpha value is -2.60. The molecule has 0 aliphatic carbocycles. The number of halogens is 1. The molecule has 78 valence electrons. The van der Waals surface area contributed by atoms with E-state index in [-0.39, 0.29) is 11.1 Å². The summed E-state index contributed by atoms with van der Waals surface area (Å²) in [5.74, 6) is 0. The average Bonchev–Trinajstić information content (AvgIpc) is 2.34. The fourth-order valence-electron chi connectivity index (χ4n) is 1.17. The van der Waals surface area contributed by atoms with Crippen LogP contribution in [0.15, 0.2) is 22.7 Å². The SMILES string of the molecule is N#CC(C#N)=c1ccc(=C(C#N)C#N)c(Br)c1. The largest absolute Gasteiger partial charge is 0.192 e. The Kier molecular flexibility index (Phi) is 4.02. The Bertz CT molecular complexity index is 716. The summed E-state index contributed by atoms with van der Waals surface area (Å²) in [5.41, 5.74) is -0.0494. The number of rotatable bonds is 0. The predicted octanol–water partition coefficient (Wildman–Crippen LogP) is 0.845. The second kappa shape index (κ2) is 5.47. The summed E-state index contributed by atoms with van der Waals surface area (Å²) < 4.78 is 0.496. The first-order valence-electron chi connectivity index (χ1n) is 4.32. The van der Waals surface area contributed by atoms with Crippen LogP contribution >= 0.6 is 15.9 Å². The van der Waals surface area contributed by atoms with Gasteiger partial charge in [0, 0.05) is 14.9 Å². The summed E-state index contributed by atoms with van der Waals surface area (Å²) in [5, 5.41) is 35.8. The van der Waals surface area contributed by atoms with E-state index in [4.69, 9.17) is 21.0 Å². The third-order valence-electron chi connectivity index (χ3n) is 1.97. The van der Waals surface area contributed by atoms with Crippen LogP contribution in [0.4, 0.5) is 0 Å². The van der Waals surface area contributed by atoms with Crippen LogP contribution in [0.25, 0.3) is 11.1 Å². The highest BCUT2D eigenvalue weighted by molar-refractivity contribution is 9.10. The van der Waals surface area contributed by atoms with Crippen LogP contribution in [0.5, 0.6) is 0 Å². The first-order chi connectivity index (χ1) is 8.17. The van der Waals surface area contributed by atoms with Gasteiger partial charge in [-0.15, -0.1) is 0 Å². The summed E-state index contributed by atoms with van der Waals surface area (Å²) in [6.07, 6.45) is 0. The minimum atomic E-state index is -0.0288. The molecule has 4 nitrogen and oxygen atoms in total. The maximum Gasteiger partial charge on any atom is 0.138 e. The summed E-state index contributed by atoms with van der Waals surface area (Å²) in [6.45, 7) is 0. The highest BCUT2D eigenvalue weighted by atomic mass is 79.9. The van der Waals surface area contributed by atoms with E-state index in [2.05, 4.69) is 15.9 Å². The van der Waals surface area contributed by atoms with Crippen molar-refractivity contribution < 1.29 is 0 Å². The van der Waals surface area contributed by atoms with Crippen molar-refractivity contribution in [2.75, 3.05) is 0 Å². The molecule has 5 heteroatoms. The molecule has 0 saturated heterocycles. The van der Waals surface area contributed by atoms with E-state index in [9.17, 15) is 0 Å². The van der Waals surface area contributed by atoms with Crippen molar-refractivity contribution in [2.45, 2.75) is 0 Å². The van der Waals surface area contributed by atoms with Gasteiger partial charge in [0.25, 0.3) is 0 Å². The van der Waals surface area contributed by atoms with Crippen molar-refractivity contribution in [2.24, 2.45) is 0 Å². The lowest BCUT2D eigenvalue weighted by molar-refractivity contribution is 1.44. The van der Waals surface area contributed by atoms with Crippen LogP contribution in [0.3, 0.4) is 0 Å². The molecule has 0 aliphatic rings. The van der Waals surface area contributed by atoms with Crippen LogP contribution in [0.1, 0.15) is 0 Å². The summed E-state index contributed by atoms with van der Waals surface area (Å²) >= 11 is 3.20. The van der Waals surface area contributed by atoms with Gasteiger partial charge in [-0.2, -0.15) is 21.0 Å². The average molecular weight is 283 g/mol. The van der Waals surface area contributed by atoms with E-state index in [1.54, 1.807) is 24.3 Å². The van der Waals surface area contributed by atoms with Gasteiger partial charge in [0.05, 0.1) is 0 Å². The van der Waals surface area contributed by atoms with Crippen LogP contribution in [0.2, 0.25) is 0 Å². The molecule has 1 aromatic rings. The molecule has 0 aliphatic heterocycles. The van der Waals surface area contributed by atoms with Gasteiger partial charge >= 0.3 is 0 Å². The maximum atomic E-state index is 8.73. The molecule has 0 spiro atoms. The van der Waals surface area contributed by atoms with Crippen LogP contribution in [-0.2, 0) is 0 Å². The minimum absolute atomic E-state index is 0.0206. The van der Waals surface area contributed by atoms with Gasteiger partial charge in [-0.25, -0.2) is 0 Å². The van der Waals surface area contributed by atoms with Crippen molar-refractivity contribution >= 4 is 27.1 Å². The molecule has 0 saturated carbocycles. The lowest BCUT2D eigenvalue weighted by Crippen LogP contribution is -2.13. The molecule has 17 heavy (non-hydrogen) atoms. The van der Waals surface area contributed by atoms with E-state index in [0.717, 1.165) is 0 Å². The molecular formula is C12H3BrN4. The molecule has 0 amide bonds. The maximum absolute atomic E-state index is 8.73. The van der Waals surface area contributed by atoms with Crippen LogP contribution in [0, 0.1) is 45.3 Å². The Balaban J connectivity index is 3.78. The first kappa shape index (κ1) is 12.5. The van der Waals surface area contributed by atoms with Gasteiger partial charge in [-0.05, 0) is 6.07 Å². The summed E-state index contributed by atoms with van der Waals surface area (Å²) in [7, 11) is 0. The van der Waals surface area contributed by atoms with E-state index in [1.165, 1.54) is 18.2 Å². The number of hydrogen-bond donors (Lipinski definition) is 0. The topological polar surface area (TPSA) is 95.2 Å². The van der Waals surface area contributed by atoms with Gasteiger partial charge in [0.15, 0.2) is 0 Å². The van der Waals surface area contributed by atoms with E-state index in [1.807, 2.05) is 0 Å². The summed E-state index contributed by atoms with van der Waals surface area (Å²) in [6, 6.07) is 11.7. The fraction of sp³-hybridized carbons (Fsp3) is 0. The Labute approximate surface area is 106 Å². The molecule has 0 aromatic heterocycles. The highest BCUT2D eigenvalue weighted by Gasteiger charge is 2.01. The zero-order valence-corrected chi connectivity index (χ0v) is 9.98. The summed E-state index contributed by atoms with van der Waals surface area (Å²) in [4.78, 5) is 0. The van der Waals surface area contributed by atoms with Gasteiger partial charge in [-0.3, -0.25) is 0 Å². The quantitative estimate of drug-likeness (QED) is 0.705. The lowest BCUT2D eigenvalue weighted by Gasteiger charge is -1.93. The second-order valence-corrected chi connectivity index (χ2v) is 3.75. The number of benzene rings is 1. The number of nitriles is 4. The molecular weight excluding hydrogens is 280 g/mol. The Morgan fingerprint density at radius 1 is 0.882 bits per heavy atom. The molecule has 1 aromatic carbocycles. The van der Waals surface area contributed by atoms with E-state index in [0.29, 0.717) is 14.9 Å². The highest BCUT2D eigenvalue weighted by Crippen LogP contribution is 2.02. The zero-order chi connectivity index (χ0) is 12.8. The predicted molar refractivity (Wildman–Crippen MR) is 62.7 cm³/mol. The van der Waals surface area contributed by atoms with E-state index >= 15 is 0 Å². The molecule has 0 radical (unpaired) electrons. The van der Waals surface area contributed by atoms with Crippen LogP contribution < -0.4 is 10.4 Å². The molecule has 0 bridgehead atoms. The van der Waals surface area contributed by atoms with Crippen molar-refractivity contribution in [1.29, 1.82) is 21.0 Å². The molecule has 0 N–H and O–H groups in total. The molecule has 0 unspecified atom stereocenters. The van der Waals surface area contributed by atoms with Crippen molar-refractivity contribution in [3.8, 4) is 24.3 Å². The second-order valence-electron chi connectivity index (χ2n) is 2.89. The monoisotopic (exact) mass is 282 g/mol. The van der Waals surface area contributed by atoms with Crippen molar-refractivity contribution in [1.82, 2.24) is 0 Å². The van der Waals surface area contributed by atoms with Crippen molar-refractivity contribution in [3.63, 3.8) is 0 Å². The Morgan fingerprint density at radius 2 is 1.41 bits per heavy atom. The molecule has 0 atom stereocenters. The van der Waals surface area contributed by atoms with Gasteiger partial charge < -0.3 is 0 Å². The fourth-order valence-corrected chi connectivity index (χ4v) is 1.75. The smallest absolute Gasteiger partial charge is 0.138 e. The first-order valence-corrected chi connectivity index (χ1v) is 5.11. The minimum Gasteiger partial charge on any atom is -0.192 e. The third kappa shape index (κ3) is 2.50. The standard InChI is InChI=1S/C12H3BrN4/c13-12-3-8(9(4-14)5-15)1-2-11(12)10(6-16)7-17/h1-3H. The van der Waals surface area contributed by atoms with Gasteiger partial charge in [0.1, 0.15) is 35.4 Å². The molecule has 0 heterocycles. The normalized spacial score (nSPS) is 8.06. The molecule has 0 fully saturated rings. The number of nitrogens with zero attached hydrogens (tertiary/aromatic N) is 4. The van der Waals surface area contributed by atoms with E-state index < -0.39 is 0 Å². The Morgan fingerprint density at radius 3 is 1.82 bits per heavy atom. The van der Waals surface area contributed by atoms with Crippen molar-refractivity contribution in [3.05, 3.63) is 33.1 Å².